The summed E-state index contributed by atoms with van der Waals surface area (Å²) in [6, 6.07) is 29.3. The Morgan fingerprint density at radius 1 is 0.906 bits per heavy atom. The van der Waals surface area contributed by atoms with Crippen LogP contribution in [-0.4, -0.2) is 21.8 Å². The molecule has 0 aliphatic carbocycles. The molecule has 5 heteroatoms. The van der Waals surface area contributed by atoms with E-state index in [-0.39, 0.29) is 11.3 Å². The molecule has 0 saturated carbocycles. The SMILES string of the molecule is O=C(N/N=C\c1cn(Cc2ccc3ccccc3c2)c2ccccc12)c1ccccc1O. The van der Waals surface area contributed by atoms with Gasteiger partial charge in [0, 0.05) is 29.2 Å². The van der Waals surface area contributed by atoms with Crippen LogP contribution in [0.4, 0.5) is 0 Å². The van der Waals surface area contributed by atoms with Gasteiger partial charge >= 0.3 is 0 Å². The average molecular weight is 419 g/mol. The quantitative estimate of drug-likeness (QED) is 0.299. The number of hydrogen-bond acceptors (Lipinski definition) is 3. The zero-order valence-corrected chi connectivity index (χ0v) is 17.3. The smallest absolute Gasteiger partial charge is 0.275 e. The van der Waals surface area contributed by atoms with Crippen LogP contribution in [0.15, 0.2) is 102 Å². The maximum absolute atomic E-state index is 12.3. The highest BCUT2D eigenvalue weighted by atomic mass is 16.3. The Kier molecular flexibility index (Phi) is 5.14. The molecule has 5 nitrogen and oxygen atoms in total. The number of carbonyl (C=O) groups excluding carboxylic acids is 1. The summed E-state index contributed by atoms with van der Waals surface area (Å²) < 4.78 is 2.19. The number of phenolic OH excluding ortho intramolecular Hbond substituents is 1. The Hall–Kier alpha value is -4.38. The molecule has 0 saturated heterocycles. The van der Waals surface area contributed by atoms with Gasteiger partial charge in [0.2, 0.25) is 0 Å². The van der Waals surface area contributed by atoms with Crippen molar-refractivity contribution in [2.24, 2.45) is 5.10 Å². The van der Waals surface area contributed by atoms with Gasteiger partial charge in [-0.2, -0.15) is 5.10 Å². The predicted octanol–water partition coefficient (Wildman–Crippen LogP) is 5.31. The molecule has 0 spiro atoms. The first-order chi connectivity index (χ1) is 15.7. The Bertz CT molecular complexity index is 1470. The number of hydrogen-bond donors (Lipinski definition) is 2. The topological polar surface area (TPSA) is 66.6 Å². The van der Waals surface area contributed by atoms with Crippen molar-refractivity contribution in [2.75, 3.05) is 0 Å². The van der Waals surface area contributed by atoms with Gasteiger partial charge in [-0.05, 0) is 40.6 Å². The fourth-order valence-electron chi connectivity index (χ4n) is 3.93. The fraction of sp³-hybridized carbons (Fsp3) is 0.0370. The van der Waals surface area contributed by atoms with Crippen molar-refractivity contribution in [1.29, 1.82) is 0 Å². The first kappa shape index (κ1) is 19.6. The van der Waals surface area contributed by atoms with E-state index < -0.39 is 5.91 Å². The van der Waals surface area contributed by atoms with E-state index in [1.807, 2.05) is 30.5 Å². The number of benzene rings is 4. The molecule has 0 aliphatic heterocycles. The molecule has 0 fully saturated rings. The van der Waals surface area contributed by atoms with Gasteiger partial charge in [0.05, 0.1) is 11.8 Å². The molecule has 0 unspecified atom stereocenters. The minimum absolute atomic E-state index is 0.0767. The maximum Gasteiger partial charge on any atom is 0.275 e. The highest BCUT2D eigenvalue weighted by Crippen LogP contribution is 2.23. The number of carbonyl (C=O) groups is 1. The number of nitrogens with one attached hydrogen (secondary N) is 1. The molecule has 5 aromatic rings. The molecule has 1 aromatic heterocycles. The number of aromatic nitrogens is 1. The second-order valence-corrected chi connectivity index (χ2v) is 7.63. The molecular formula is C27H21N3O2. The molecule has 156 valence electrons. The lowest BCUT2D eigenvalue weighted by Crippen LogP contribution is -2.17. The van der Waals surface area contributed by atoms with E-state index in [9.17, 15) is 9.90 Å². The Balaban J connectivity index is 1.41. The first-order valence-electron chi connectivity index (χ1n) is 10.4. The van der Waals surface area contributed by atoms with E-state index >= 15 is 0 Å². The monoisotopic (exact) mass is 419 g/mol. The summed E-state index contributed by atoms with van der Waals surface area (Å²) in [7, 11) is 0. The summed E-state index contributed by atoms with van der Waals surface area (Å²) in [5, 5.41) is 17.4. The van der Waals surface area contributed by atoms with Crippen LogP contribution in [0.1, 0.15) is 21.5 Å². The predicted molar refractivity (Wildman–Crippen MR) is 128 cm³/mol. The van der Waals surface area contributed by atoms with Crippen molar-refractivity contribution < 1.29 is 9.90 Å². The van der Waals surface area contributed by atoms with Gasteiger partial charge in [0.1, 0.15) is 5.75 Å². The van der Waals surface area contributed by atoms with E-state index in [0.717, 1.165) is 23.0 Å². The van der Waals surface area contributed by atoms with Crippen LogP contribution in [0.2, 0.25) is 0 Å². The summed E-state index contributed by atoms with van der Waals surface area (Å²) in [6.45, 7) is 0.726. The molecule has 0 radical (unpaired) electrons. The van der Waals surface area contributed by atoms with Gasteiger partial charge < -0.3 is 9.67 Å². The van der Waals surface area contributed by atoms with Gasteiger partial charge in [-0.25, -0.2) is 5.43 Å². The molecule has 0 bridgehead atoms. The fourth-order valence-corrected chi connectivity index (χ4v) is 3.93. The Morgan fingerprint density at radius 2 is 1.66 bits per heavy atom. The maximum atomic E-state index is 12.3. The van der Waals surface area contributed by atoms with Crippen molar-refractivity contribution in [1.82, 2.24) is 9.99 Å². The van der Waals surface area contributed by atoms with Crippen molar-refractivity contribution in [3.63, 3.8) is 0 Å². The van der Waals surface area contributed by atoms with E-state index in [4.69, 9.17) is 0 Å². The zero-order valence-electron chi connectivity index (χ0n) is 17.3. The van der Waals surface area contributed by atoms with E-state index in [2.05, 4.69) is 57.6 Å². The number of fused-ring (bicyclic) bond motifs is 2. The summed E-state index contributed by atoms with van der Waals surface area (Å²) in [5.74, 6) is -0.536. The molecule has 1 heterocycles. The van der Waals surface area contributed by atoms with E-state index in [0.29, 0.717) is 0 Å². The van der Waals surface area contributed by atoms with Crippen molar-refractivity contribution in [3.05, 3.63) is 114 Å². The molecule has 0 atom stereocenters. The Morgan fingerprint density at radius 3 is 2.53 bits per heavy atom. The van der Waals surface area contributed by atoms with E-state index in [1.54, 1.807) is 24.4 Å². The number of rotatable bonds is 5. The van der Waals surface area contributed by atoms with Crippen LogP contribution in [-0.2, 0) is 6.54 Å². The standard InChI is InChI=1S/C27H21N3O2/c31-26-12-6-4-10-24(26)27(32)29-28-16-22-18-30(25-11-5-3-9-23(22)25)17-19-13-14-20-7-1-2-8-21(20)15-19/h1-16,18,31H,17H2,(H,29,32)/b28-16-. The van der Waals surface area contributed by atoms with Crippen molar-refractivity contribution in [2.45, 2.75) is 6.54 Å². The number of para-hydroxylation sites is 2. The number of nitrogens with zero attached hydrogens (tertiary/aromatic N) is 2. The normalized spacial score (nSPS) is 11.4. The third kappa shape index (κ3) is 3.84. The van der Waals surface area contributed by atoms with Crippen LogP contribution in [0.25, 0.3) is 21.7 Å². The van der Waals surface area contributed by atoms with E-state index in [1.165, 1.54) is 22.4 Å². The molecule has 0 aliphatic rings. The number of aromatic hydroxyl groups is 1. The average Bonchev–Trinajstić information content (AvgIpc) is 3.16. The van der Waals surface area contributed by atoms with Crippen molar-refractivity contribution >= 4 is 33.8 Å². The third-order valence-electron chi connectivity index (χ3n) is 5.50. The van der Waals surface area contributed by atoms with Crippen molar-refractivity contribution in [3.8, 4) is 5.75 Å². The number of hydrazone groups is 1. The second-order valence-electron chi connectivity index (χ2n) is 7.63. The summed E-state index contributed by atoms with van der Waals surface area (Å²) in [5.41, 5.74) is 5.88. The lowest BCUT2D eigenvalue weighted by Gasteiger charge is -2.07. The lowest BCUT2D eigenvalue weighted by molar-refractivity contribution is 0.0952. The molecular weight excluding hydrogens is 398 g/mol. The molecule has 4 aromatic carbocycles. The van der Waals surface area contributed by atoms with Gasteiger partial charge in [-0.1, -0.05) is 66.7 Å². The van der Waals surface area contributed by atoms with Gasteiger partial charge in [0.25, 0.3) is 5.91 Å². The lowest BCUT2D eigenvalue weighted by atomic mass is 10.1. The highest BCUT2D eigenvalue weighted by molar-refractivity contribution is 6.01. The summed E-state index contributed by atoms with van der Waals surface area (Å²) >= 11 is 0. The summed E-state index contributed by atoms with van der Waals surface area (Å²) in [6.07, 6.45) is 3.67. The van der Waals surface area contributed by atoms with Gasteiger partial charge in [-0.15, -0.1) is 0 Å². The molecule has 32 heavy (non-hydrogen) atoms. The third-order valence-corrected chi connectivity index (χ3v) is 5.50. The van der Waals surface area contributed by atoms with Crippen LogP contribution >= 0.6 is 0 Å². The zero-order chi connectivity index (χ0) is 21.9. The minimum atomic E-state index is -0.459. The highest BCUT2D eigenvalue weighted by Gasteiger charge is 2.10. The van der Waals surface area contributed by atoms with Crippen LogP contribution < -0.4 is 5.43 Å². The molecule has 5 rings (SSSR count). The van der Waals surface area contributed by atoms with Crippen LogP contribution in [0.3, 0.4) is 0 Å². The van der Waals surface area contributed by atoms with Crippen LogP contribution in [0.5, 0.6) is 5.75 Å². The first-order valence-corrected chi connectivity index (χ1v) is 10.4. The van der Waals surface area contributed by atoms with Gasteiger partial charge in [-0.3, -0.25) is 4.79 Å². The Labute approximate surface area is 185 Å². The second kappa shape index (κ2) is 8.40. The van der Waals surface area contributed by atoms with Gasteiger partial charge in [0.15, 0.2) is 0 Å². The minimum Gasteiger partial charge on any atom is -0.507 e. The molecule has 2 N–H and O–H groups in total. The number of amides is 1. The molecule has 1 amide bonds. The largest absolute Gasteiger partial charge is 0.507 e. The van der Waals surface area contributed by atoms with Crippen LogP contribution in [0, 0.1) is 0 Å². The summed E-state index contributed by atoms with van der Waals surface area (Å²) in [4.78, 5) is 12.3. The number of phenols is 1.